The van der Waals surface area contributed by atoms with Crippen molar-refractivity contribution in [2.75, 3.05) is 0 Å². The lowest BCUT2D eigenvalue weighted by Crippen LogP contribution is -1.89. The molecule has 0 unspecified atom stereocenters. The summed E-state index contributed by atoms with van der Waals surface area (Å²) in [5.74, 6) is 1.27. The van der Waals surface area contributed by atoms with E-state index in [-0.39, 0.29) is 0 Å². The fourth-order valence-corrected chi connectivity index (χ4v) is 5.69. The Morgan fingerprint density at radius 1 is 0.542 bits per heavy atom. The maximum absolute atomic E-state index is 3.69. The van der Waals surface area contributed by atoms with Crippen LogP contribution in [0.25, 0.3) is 18.2 Å². The Labute approximate surface area is 363 Å². The average Bonchev–Trinajstić information content (AvgIpc) is 3.27. The van der Waals surface area contributed by atoms with Gasteiger partial charge in [-0.3, -0.25) is 0 Å². The summed E-state index contributed by atoms with van der Waals surface area (Å²) >= 11 is 0. The van der Waals surface area contributed by atoms with Gasteiger partial charge in [0.1, 0.15) is 0 Å². The van der Waals surface area contributed by atoms with E-state index in [0.29, 0.717) is 11.8 Å². The molecule has 0 aromatic heterocycles. The van der Waals surface area contributed by atoms with Crippen LogP contribution in [0.5, 0.6) is 0 Å². The third-order valence-corrected chi connectivity index (χ3v) is 10.1. The monoisotopic (exact) mass is 787 g/mol. The van der Waals surface area contributed by atoms with Crippen LogP contribution in [0.2, 0.25) is 0 Å². The standard InChI is InChI=1S/C13H18.C10H14.2C10H12.C8H10.C8H12/c1-5-6-13-9-12(10(2)3)8-7-11(13)4;1-8(2)10-6-4-9(3)5-7-10;2*1-3-9-5-7-10(4-2)8-6-9;1-7-3-5-8(2)6-4-7;1-2-8-6-4-3-5-7-8/h5-10H,1-4H3;4-8H,1-3H3;2*3,5-8H,1,4H2,2H3;3-6H,1-2H3;3-4,6H,2,5,7H2,1H3/b6-5-;;;;;. The first-order valence-corrected chi connectivity index (χ1v) is 21.9. The van der Waals surface area contributed by atoms with E-state index in [9.17, 15) is 0 Å². The molecule has 6 rings (SSSR count). The molecule has 314 valence electrons. The number of benzene rings is 5. The van der Waals surface area contributed by atoms with Gasteiger partial charge in [-0.1, -0.05) is 242 Å². The number of aryl methyl sites for hydroxylation is 6. The van der Waals surface area contributed by atoms with Gasteiger partial charge in [0.2, 0.25) is 0 Å². The quantitative estimate of drug-likeness (QED) is 0.147. The van der Waals surface area contributed by atoms with Crippen LogP contribution >= 0.6 is 0 Å². The van der Waals surface area contributed by atoms with Crippen molar-refractivity contribution in [3.05, 3.63) is 219 Å². The SMILES string of the molecule is C/C=C\c1cc(C(C)C)ccc1C.C=Cc1ccc(CC)cc1.C=Cc1ccc(CC)cc1.CCC1=CC=CCC1.Cc1ccc(C(C)C)cc1.Cc1ccc(C)cc1. The van der Waals surface area contributed by atoms with E-state index < -0.39 is 0 Å². The Hall–Kier alpha value is -5.20. The molecule has 0 saturated heterocycles. The molecule has 0 radical (unpaired) electrons. The first-order chi connectivity index (χ1) is 28.3. The maximum atomic E-state index is 3.69. The summed E-state index contributed by atoms with van der Waals surface area (Å²) in [6, 6.07) is 40.8. The van der Waals surface area contributed by atoms with Crippen LogP contribution in [-0.4, -0.2) is 0 Å². The van der Waals surface area contributed by atoms with E-state index in [4.69, 9.17) is 0 Å². The second-order valence-electron chi connectivity index (χ2n) is 15.7. The van der Waals surface area contributed by atoms with Crippen LogP contribution in [0.4, 0.5) is 0 Å². The molecule has 59 heavy (non-hydrogen) atoms. The molecule has 0 atom stereocenters. The largest absolute Gasteiger partial charge is 0.0985 e. The van der Waals surface area contributed by atoms with Gasteiger partial charge in [-0.05, 0) is 123 Å². The molecule has 0 heterocycles. The number of hydrogen-bond acceptors (Lipinski definition) is 0. The number of allylic oxidation sites excluding steroid dienone is 5. The molecule has 0 fully saturated rings. The minimum absolute atomic E-state index is 0.615. The average molecular weight is 787 g/mol. The van der Waals surface area contributed by atoms with E-state index in [1.807, 2.05) is 12.2 Å². The second-order valence-corrected chi connectivity index (χ2v) is 15.7. The van der Waals surface area contributed by atoms with E-state index >= 15 is 0 Å². The van der Waals surface area contributed by atoms with Crippen LogP contribution in [0.15, 0.2) is 158 Å². The highest BCUT2D eigenvalue weighted by atomic mass is 14.1. The lowest BCUT2D eigenvalue weighted by molar-refractivity contribution is 0.865. The van der Waals surface area contributed by atoms with Gasteiger partial charge >= 0.3 is 0 Å². The third kappa shape index (κ3) is 23.1. The molecule has 0 spiro atoms. The normalized spacial score (nSPS) is 11.2. The second kappa shape index (κ2) is 30.8. The Balaban J connectivity index is 0.000000357. The van der Waals surface area contributed by atoms with Crippen molar-refractivity contribution in [2.24, 2.45) is 0 Å². The van der Waals surface area contributed by atoms with Gasteiger partial charge in [-0.25, -0.2) is 0 Å². The summed E-state index contributed by atoms with van der Waals surface area (Å²) in [6.07, 6.45) is 20.6. The number of hydrogen-bond donors (Lipinski definition) is 0. The van der Waals surface area contributed by atoms with Gasteiger partial charge in [0, 0.05) is 0 Å². The predicted molar refractivity (Wildman–Crippen MR) is 270 cm³/mol. The molecule has 0 amide bonds. The lowest BCUT2D eigenvalue weighted by atomic mass is 9.98. The van der Waals surface area contributed by atoms with Gasteiger partial charge in [-0.2, -0.15) is 0 Å². The van der Waals surface area contributed by atoms with Gasteiger partial charge < -0.3 is 0 Å². The van der Waals surface area contributed by atoms with E-state index in [0.717, 1.165) is 12.8 Å². The Bertz CT molecular complexity index is 1870. The number of rotatable bonds is 8. The van der Waals surface area contributed by atoms with Crippen molar-refractivity contribution in [3.63, 3.8) is 0 Å². The smallest absolute Gasteiger partial charge is 0.0219 e. The maximum Gasteiger partial charge on any atom is -0.0219 e. The van der Waals surface area contributed by atoms with Crippen molar-refractivity contribution in [1.29, 1.82) is 0 Å². The zero-order valence-electron chi connectivity index (χ0n) is 39.1. The molecule has 0 N–H and O–H groups in total. The highest BCUT2D eigenvalue weighted by Gasteiger charge is 2.01. The summed E-state index contributed by atoms with van der Waals surface area (Å²) in [6.45, 7) is 33.3. The van der Waals surface area contributed by atoms with Crippen LogP contribution in [0.3, 0.4) is 0 Å². The molecule has 0 saturated carbocycles. The molecule has 5 aromatic rings. The first-order valence-electron chi connectivity index (χ1n) is 21.9. The van der Waals surface area contributed by atoms with Gasteiger partial charge in [0.15, 0.2) is 0 Å². The van der Waals surface area contributed by atoms with Gasteiger partial charge in [0.25, 0.3) is 0 Å². The summed E-state index contributed by atoms with van der Waals surface area (Å²) in [4.78, 5) is 0. The van der Waals surface area contributed by atoms with Gasteiger partial charge in [-0.15, -0.1) is 0 Å². The zero-order valence-corrected chi connectivity index (χ0v) is 39.1. The fraction of sp³-hybridized carbons (Fsp3) is 0.322. The predicted octanol–water partition coefficient (Wildman–Crippen LogP) is 18.0. The molecule has 0 bridgehead atoms. The minimum atomic E-state index is 0.615. The third-order valence-electron chi connectivity index (χ3n) is 10.1. The summed E-state index contributed by atoms with van der Waals surface area (Å²) in [5.41, 5.74) is 16.3. The summed E-state index contributed by atoms with van der Waals surface area (Å²) in [5, 5.41) is 0. The highest BCUT2D eigenvalue weighted by molar-refractivity contribution is 5.54. The van der Waals surface area contributed by atoms with Crippen LogP contribution in [-0.2, 0) is 12.8 Å². The van der Waals surface area contributed by atoms with E-state index in [1.54, 1.807) is 5.57 Å². The minimum Gasteiger partial charge on any atom is -0.0985 e. The van der Waals surface area contributed by atoms with E-state index in [1.165, 1.54) is 80.5 Å². The highest BCUT2D eigenvalue weighted by Crippen LogP contribution is 2.20. The lowest BCUT2D eigenvalue weighted by Gasteiger charge is -2.08. The first kappa shape index (κ1) is 51.8. The summed E-state index contributed by atoms with van der Waals surface area (Å²) < 4.78 is 0. The van der Waals surface area contributed by atoms with Crippen molar-refractivity contribution < 1.29 is 0 Å². The van der Waals surface area contributed by atoms with Crippen molar-refractivity contribution in [3.8, 4) is 0 Å². The van der Waals surface area contributed by atoms with Crippen LogP contribution in [0, 0.1) is 27.7 Å². The van der Waals surface area contributed by atoms with Crippen LogP contribution < -0.4 is 0 Å². The Morgan fingerprint density at radius 3 is 1.29 bits per heavy atom. The van der Waals surface area contributed by atoms with Gasteiger partial charge in [0.05, 0.1) is 0 Å². The molecule has 0 nitrogen and oxygen atoms in total. The molecular formula is C59H78. The molecule has 1 aliphatic carbocycles. The van der Waals surface area contributed by atoms with Crippen LogP contribution in [0.1, 0.15) is 148 Å². The molecule has 5 aromatic carbocycles. The van der Waals surface area contributed by atoms with Crippen molar-refractivity contribution in [1.82, 2.24) is 0 Å². The Morgan fingerprint density at radius 2 is 0.966 bits per heavy atom. The molecular weight excluding hydrogens is 709 g/mol. The summed E-state index contributed by atoms with van der Waals surface area (Å²) in [7, 11) is 0. The molecule has 1 aliphatic rings. The van der Waals surface area contributed by atoms with E-state index in [2.05, 4.69) is 242 Å². The Kier molecular flexibility index (Phi) is 27.1. The molecule has 0 aliphatic heterocycles. The zero-order chi connectivity index (χ0) is 44.0. The molecule has 0 heteroatoms. The van der Waals surface area contributed by atoms with Crippen molar-refractivity contribution >= 4 is 18.2 Å². The van der Waals surface area contributed by atoms with Crippen molar-refractivity contribution in [2.45, 2.75) is 127 Å². The fourth-order valence-electron chi connectivity index (χ4n) is 5.69. The topological polar surface area (TPSA) is 0 Å².